The molecule has 1 aromatic rings. The van der Waals surface area contributed by atoms with Crippen molar-refractivity contribution in [2.45, 2.75) is 26.2 Å². The van der Waals surface area contributed by atoms with E-state index in [0.29, 0.717) is 6.61 Å². The number of carbonyl (C=O) groups is 2. The third-order valence-electron chi connectivity index (χ3n) is 7.22. The summed E-state index contributed by atoms with van der Waals surface area (Å²) in [5, 5.41) is 3.09. The van der Waals surface area contributed by atoms with Crippen LogP contribution in [0.4, 0.5) is 0 Å². The zero-order valence-corrected chi connectivity index (χ0v) is 17.0. The molecule has 28 heavy (non-hydrogen) atoms. The van der Waals surface area contributed by atoms with Gasteiger partial charge in [-0.25, -0.2) is 0 Å². The molecule has 0 radical (unpaired) electrons. The zero-order chi connectivity index (χ0) is 19.8. The number of amides is 2. The van der Waals surface area contributed by atoms with Crippen molar-refractivity contribution in [1.29, 1.82) is 0 Å². The molecule has 1 unspecified atom stereocenters. The molecule has 6 heteroatoms. The molecule has 3 aliphatic rings. The first kappa shape index (κ1) is 19.4. The lowest BCUT2D eigenvalue weighted by Gasteiger charge is -2.46. The van der Waals surface area contributed by atoms with Crippen molar-refractivity contribution in [2.24, 2.45) is 10.8 Å². The molecular formula is C22H31N3O3. The lowest BCUT2D eigenvalue weighted by molar-refractivity contribution is -0.133. The minimum atomic E-state index is -0.306. The maximum absolute atomic E-state index is 12.9. The number of methoxy groups -OCH3 is 1. The molecular weight excluding hydrogens is 354 g/mol. The van der Waals surface area contributed by atoms with Crippen LogP contribution in [0.5, 0.6) is 0 Å². The SMILES string of the molecule is COCCN1CC2(CCN(C(=O)c3ccc(C)cc3)CC2)C2(CCNC2=O)C1. The molecule has 3 aliphatic heterocycles. The summed E-state index contributed by atoms with van der Waals surface area (Å²) >= 11 is 0. The Kier molecular flexibility index (Phi) is 5.19. The molecule has 1 atom stereocenters. The van der Waals surface area contributed by atoms with Crippen LogP contribution in [-0.2, 0) is 9.53 Å². The number of likely N-dealkylation sites (tertiary alicyclic amines) is 2. The van der Waals surface area contributed by atoms with Gasteiger partial charge in [0.1, 0.15) is 0 Å². The van der Waals surface area contributed by atoms with Gasteiger partial charge in [-0.1, -0.05) is 17.7 Å². The van der Waals surface area contributed by atoms with Gasteiger partial charge in [0, 0.05) is 57.4 Å². The minimum absolute atomic E-state index is 0.0363. The van der Waals surface area contributed by atoms with E-state index < -0.39 is 0 Å². The average Bonchev–Trinajstić information content (AvgIpc) is 3.22. The number of nitrogens with zero attached hydrogens (tertiary/aromatic N) is 2. The molecule has 3 fully saturated rings. The minimum Gasteiger partial charge on any atom is -0.383 e. The van der Waals surface area contributed by atoms with Crippen LogP contribution in [0.25, 0.3) is 0 Å². The second-order valence-corrected chi connectivity index (χ2v) is 8.73. The van der Waals surface area contributed by atoms with Crippen molar-refractivity contribution >= 4 is 11.8 Å². The summed E-state index contributed by atoms with van der Waals surface area (Å²) in [5.41, 5.74) is 1.57. The number of piperidine rings is 1. The van der Waals surface area contributed by atoms with E-state index in [2.05, 4.69) is 10.2 Å². The number of hydrogen-bond acceptors (Lipinski definition) is 4. The standard InChI is InChI=1S/C22H31N3O3/c1-17-3-5-18(6-4-17)19(26)25-11-8-21(9-12-25)15-24(13-14-28-2)16-22(21)7-10-23-20(22)27/h3-6H,7-16H2,1-2H3,(H,23,27). The van der Waals surface area contributed by atoms with Crippen molar-refractivity contribution in [3.05, 3.63) is 35.4 Å². The van der Waals surface area contributed by atoms with Crippen molar-refractivity contribution in [3.8, 4) is 0 Å². The second-order valence-electron chi connectivity index (χ2n) is 8.73. The van der Waals surface area contributed by atoms with Gasteiger partial charge < -0.3 is 15.0 Å². The number of rotatable bonds is 4. The molecule has 6 nitrogen and oxygen atoms in total. The number of hydrogen-bond donors (Lipinski definition) is 1. The molecule has 2 spiro atoms. The number of fused-ring (bicyclic) bond motifs is 1. The highest BCUT2D eigenvalue weighted by atomic mass is 16.5. The van der Waals surface area contributed by atoms with Crippen LogP contribution in [0.3, 0.4) is 0 Å². The monoisotopic (exact) mass is 385 g/mol. The van der Waals surface area contributed by atoms with Gasteiger partial charge in [0.2, 0.25) is 5.91 Å². The van der Waals surface area contributed by atoms with Crippen LogP contribution in [0, 0.1) is 17.8 Å². The highest BCUT2D eigenvalue weighted by molar-refractivity contribution is 5.94. The van der Waals surface area contributed by atoms with E-state index in [1.165, 1.54) is 0 Å². The Hall–Kier alpha value is -1.92. The fraction of sp³-hybridized carbons (Fsp3) is 0.636. The van der Waals surface area contributed by atoms with Crippen molar-refractivity contribution < 1.29 is 14.3 Å². The average molecular weight is 386 g/mol. The molecule has 3 saturated heterocycles. The normalized spacial score (nSPS) is 26.9. The van der Waals surface area contributed by atoms with E-state index in [0.717, 1.165) is 69.7 Å². The molecule has 0 aliphatic carbocycles. The van der Waals surface area contributed by atoms with Crippen molar-refractivity contribution in [3.63, 3.8) is 0 Å². The van der Waals surface area contributed by atoms with Gasteiger partial charge in [0.25, 0.3) is 5.91 Å². The van der Waals surface area contributed by atoms with E-state index >= 15 is 0 Å². The third kappa shape index (κ3) is 3.12. The fourth-order valence-electron chi connectivity index (χ4n) is 5.55. The molecule has 3 heterocycles. The highest BCUT2D eigenvalue weighted by Crippen LogP contribution is 2.56. The molecule has 152 valence electrons. The molecule has 4 rings (SSSR count). The molecule has 0 aromatic heterocycles. The lowest BCUT2D eigenvalue weighted by Crippen LogP contribution is -2.53. The maximum Gasteiger partial charge on any atom is 0.253 e. The summed E-state index contributed by atoms with van der Waals surface area (Å²) in [6.07, 6.45) is 2.68. The van der Waals surface area contributed by atoms with E-state index in [1.807, 2.05) is 36.1 Å². The molecule has 1 N–H and O–H groups in total. The quantitative estimate of drug-likeness (QED) is 0.857. The summed E-state index contributed by atoms with van der Waals surface area (Å²) in [4.78, 5) is 30.2. The predicted molar refractivity (Wildman–Crippen MR) is 107 cm³/mol. The van der Waals surface area contributed by atoms with Gasteiger partial charge in [-0.05, 0) is 38.3 Å². The van der Waals surface area contributed by atoms with Gasteiger partial charge in [-0.15, -0.1) is 0 Å². The van der Waals surface area contributed by atoms with Crippen LogP contribution in [0.1, 0.15) is 35.2 Å². The summed E-state index contributed by atoms with van der Waals surface area (Å²) in [6, 6.07) is 7.80. The van der Waals surface area contributed by atoms with Gasteiger partial charge >= 0.3 is 0 Å². The first-order valence-corrected chi connectivity index (χ1v) is 10.4. The first-order valence-electron chi connectivity index (χ1n) is 10.4. The Morgan fingerprint density at radius 1 is 1.14 bits per heavy atom. The summed E-state index contributed by atoms with van der Waals surface area (Å²) in [7, 11) is 1.72. The molecule has 0 bridgehead atoms. The van der Waals surface area contributed by atoms with Crippen LogP contribution in [0.15, 0.2) is 24.3 Å². The number of ether oxygens (including phenoxy) is 1. The van der Waals surface area contributed by atoms with E-state index in [1.54, 1.807) is 7.11 Å². The van der Waals surface area contributed by atoms with Crippen LogP contribution < -0.4 is 5.32 Å². The van der Waals surface area contributed by atoms with Gasteiger partial charge in [-0.3, -0.25) is 14.5 Å². The lowest BCUT2D eigenvalue weighted by atomic mass is 9.60. The van der Waals surface area contributed by atoms with Crippen molar-refractivity contribution in [2.75, 3.05) is 53.0 Å². The van der Waals surface area contributed by atoms with Gasteiger partial charge in [0.15, 0.2) is 0 Å². The highest BCUT2D eigenvalue weighted by Gasteiger charge is 2.63. The third-order valence-corrected chi connectivity index (χ3v) is 7.22. The first-order chi connectivity index (χ1) is 13.5. The maximum atomic E-state index is 12.9. The Morgan fingerprint density at radius 3 is 2.46 bits per heavy atom. The largest absolute Gasteiger partial charge is 0.383 e. The van der Waals surface area contributed by atoms with Crippen LogP contribution in [-0.4, -0.2) is 74.6 Å². The van der Waals surface area contributed by atoms with E-state index in [-0.39, 0.29) is 22.6 Å². The van der Waals surface area contributed by atoms with Gasteiger partial charge in [-0.2, -0.15) is 0 Å². The summed E-state index contributed by atoms with van der Waals surface area (Å²) in [6.45, 7) is 7.53. The Labute approximate surface area is 167 Å². The van der Waals surface area contributed by atoms with E-state index in [4.69, 9.17) is 4.74 Å². The molecule has 2 amide bonds. The molecule has 1 aromatic carbocycles. The zero-order valence-electron chi connectivity index (χ0n) is 17.0. The fourth-order valence-corrected chi connectivity index (χ4v) is 5.55. The Morgan fingerprint density at radius 2 is 1.86 bits per heavy atom. The number of aryl methyl sites for hydroxylation is 1. The summed E-state index contributed by atoms with van der Waals surface area (Å²) < 4.78 is 5.27. The second kappa shape index (κ2) is 7.48. The number of carbonyl (C=O) groups excluding carboxylic acids is 2. The summed E-state index contributed by atoms with van der Waals surface area (Å²) in [5.74, 6) is 0.319. The van der Waals surface area contributed by atoms with Crippen molar-refractivity contribution in [1.82, 2.24) is 15.1 Å². The predicted octanol–water partition coefficient (Wildman–Crippen LogP) is 1.69. The molecule has 0 saturated carbocycles. The number of nitrogens with one attached hydrogen (secondary N) is 1. The van der Waals surface area contributed by atoms with Crippen LogP contribution >= 0.6 is 0 Å². The smallest absolute Gasteiger partial charge is 0.253 e. The van der Waals surface area contributed by atoms with E-state index in [9.17, 15) is 9.59 Å². The Bertz CT molecular complexity index is 740. The Balaban J connectivity index is 1.50. The number of benzene rings is 1. The van der Waals surface area contributed by atoms with Crippen LogP contribution in [0.2, 0.25) is 0 Å². The topological polar surface area (TPSA) is 61.9 Å². The van der Waals surface area contributed by atoms with Gasteiger partial charge in [0.05, 0.1) is 12.0 Å².